The lowest BCUT2D eigenvalue weighted by atomic mass is 9.94. The summed E-state index contributed by atoms with van der Waals surface area (Å²) in [5.74, 6) is 2.01. The first kappa shape index (κ1) is 21.9. The number of hydrogen-bond donors (Lipinski definition) is 0. The lowest BCUT2D eigenvalue weighted by molar-refractivity contribution is -0.137. The van der Waals surface area contributed by atoms with Crippen molar-refractivity contribution in [3.63, 3.8) is 0 Å². The van der Waals surface area contributed by atoms with E-state index < -0.39 is 0 Å². The summed E-state index contributed by atoms with van der Waals surface area (Å²) in [6.07, 6.45) is 5.37. The van der Waals surface area contributed by atoms with Crippen molar-refractivity contribution in [2.75, 3.05) is 13.7 Å². The standard InChI is InChI=1S/C25H29N3O4/c1-18-12-14-19(15-13-18)25-26-23(32-27-25)16-28(20-8-4-3-5-9-20)24(29)17-31-22-11-7-6-10-21(22)30-2/h6-7,10-15,20H,3-5,8-9,16-17H2,1-2H3. The first-order valence-corrected chi connectivity index (χ1v) is 11.1. The quantitative estimate of drug-likeness (QED) is 0.506. The van der Waals surface area contributed by atoms with E-state index in [-0.39, 0.29) is 25.1 Å². The molecule has 3 aromatic rings. The minimum Gasteiger partial charge on any atom is -0.493 e. The molecule has 1 fully saturated rings. The number of carbonyl (C=O) groups excluding carboxylic acids is 1. The van der Waals surface area contributed by atoms with Gasteiger partial charge in [-0.3, -0.25) is 4.79 Å². The molecule has 32 heavy (non-hydrogen) atoms. The van der Waals surface area contributed by atoms with Crippen LogP contribution in [0.25, 0.3) is 11.4 Å². The monoisotopic (exact) mass is 435 g/mol. The molecule has 1 aliphatic carbocycles. The fourth-order valence-corrected chi connectivity index (χ4v) is 4.06. The molecule has 0 atom stereocenters. The largest absolute Gasteiger partial charge is 0.493 e. The minimum atomic E-state index is -0.0992. The molecule has 2 aromatic carbocycles. The number of hydrogen-bond acceptors (Lipinski definition) is 6. The molecule has 1 aromatic heterocycles. The number of nitrogens with zero attached hydrogens (tertiary/aromatic N) is 3. The second-order valence-electron chi connectivity index (χ2n) is 8.13. The van der Waals surface area contributed by atoms with Crippen LogP contribution >= 0.6 is 0 Å². The van der Waals surface area contributed by atoms with Gasteiger partial charge in [0, 0.05) is 11.6 Å². The number of methoxy groups -OCH3 is 1. The Morgan fingerprint density at radius 3 is 2.50 bits per heavy atom. The van der Waals surface area contributed by atoms with Crippen molar-refractivity contribution in [2.45, 2.75) is 51.6 Å². The summed E-state index contributed by atoms with van der Waals surface area (Å²) < 4.78 is 16.6. The van der Waals surface area contributed by atoms with Gasteiger partial charge >= 0.3 is 0 Å². The van der Waals surface area contributed by atoms with Gasteiger partial charge in [-0.05, 0) is 31.9 Å². The number of carbonyl (C=O) groups is 1. The molecule has 0 unspecified atom stereocenters. The van der Waals surface area contributed by atoms with Crippen LogP contribution < -0.4 is 9.47 Å². The van der Waals surface area contributed by atoms with Gasteiger partial charge in [0.15, 0.2) is 18.1 Å². The van der Waals surface area contributed by atoms with Crippen LogP contribution in [0.15, 0.2) is 53.1 Å². The van der Waals surface area contributed by atoms with Crippen molar-refractivity contribution in [3.05, 3.63) is 60.0 Å². The fourth-order valence-electron chi connectivity index (χ4n) is 4.06. The number of aryl methyl sites for hydroxylation is 1. The molecule has 1 aliphatic rings. The third-order valence-corrected chi connectivity index (χ3v) is 5.84. The van der Waals surface area contributed by atoms with E-state index in [0.29, 0.717) is 23.2 Å². The first-order valence-electron chi connectivity index (χ1n) is 11.1. The Labute approximate surface area is 188 Å². The van der Waals surface area contributed by atoms with Gasteiger partial charge in [0.25, 0.3) is 5.91 Å². The third kappa shape index (κ3) is 5.28. The number of ether oxygens (including phenoxy) is 2. The minimum absolute atomic E-state index is 0.0736. The number of amides is 1. The molecule has 1 amide bonds. The van der Waals surface area contributed by atoms with E-state index in [0.717, 1.165) is 31.2 Å². The highest BCUT2D eigenvalue weighted by molar-refractivity contribution is 5.78. The van der Waals surface area contributed by atoms with Gasteiger partial charge in [0.1, 0.15) is 6.54 Å². The zero-order valence-corrected chi connectivity index (χ0v) is 18.6. The Kier molecular flexibility index (Phi) is 7.04. The van der Waals surface area contributed by atoms with Crippen LogP contribution in [0.1, 0.15) is 43.6 Å². The Hall–Kier alpha value is -3.35. The van der Waals surface area contributed by atoms with Crippen LogP contribution in [-0.2, 0) is 11.3 Å². The Morgan fingerprint density at radius 1 is 1.06 bits per heavy atom. The van der Waals surface area contributed by atoms with Crippen LogP contribution in [0.2, 0.25) is 0 Å². The van der Waals surface area contributed by atoms with Gasteiger partial charge in [-0.1, -0.05) is 66.4 Å². The summed E-state index contributed by atoms with van der Waals surface area (Å²) in [7, 11) is 1.58. The maximum atomic E-state index is 13.2. The van der Waals surface area contributed by atoms with Gasteiger partial charge in [-0.25, -0.2) is 0 Å². The predicted octanol–water partition coefficient (Wildman–Crippen LogP) is 4.79. The molecule has 7 nitrogen and oxygen atoms in total. The summed E-state index contributed by atoms with van der Waals surface area (Å²) in [6, 6.07) is 15.4. The molecule has 0 aliphatic heterocycles. The molecule has 0 saturated heterocycles. The average molecular weight is 436 g/mol. The third-order valence-electron chi connectivity index (χ3n) is 5.84. The zero-order chi connectivity index (χ0) is 22.3. The first-order chi connectivity index (χ1) is 15.6. The summed E-state index contributed by atoms with van der Waals surface area (Å²) in [6.45, 7) is 2.24. The highest BCUT2D eigenvalue weighted by Gasteiger charge is 2.28. The smallest absolute Gasteiger partial charge is 0.261 e. The van der Waals surface area contributed by atoms with Crippen LogP contribution in [0.4, 0.5) is 0 Å². The van der Waals surface area contributed by atoms with E-state index in [2.05, 4.69) is 10.1 Å². The van der Waals surface area contributed by atoms with E-state index in [1.165, 1.54) is 12.0 Å². The van der Waals surface area contributed by atoms with Crippen LogP contribution in [0.3, 0.4) is 0 Å². The van der Waals surface area contributed by atoms with Crippen LogP contribution in [-0.4, -0.2) is 40.7 Å². The highest BCUT2D eigenvalue weighted by atomic mass is 16.5. The molecular weight excluding hydrogens is 406 g/mol. The molecule has 1 heterocycles. The van der Waals surface area contributed by atoms with E-state index in [4.69, 9.17) is 14.0 Å². The number of para-hydroxylation sites is 2. The zero-order valence-electron chi connectivity index (χ0n) is 18.6. The SMILES string of the molecule is COc1ccccc1OCC(=O)N(Cc1nc(-c2ccc(C)cc2)no1)C1CCCCC1. The summed E-state index contributed by atoms with van der Waals surface area (Å²) >= 11 is 0. The Morgan fingerprint density at radius 2 is 1.78 bits per heavy atom. The van der Waals surface area contributed by atoms with Crippen molar-refractivity contribution in [2.24, 2.45) is 0 Å². The van der Waals surface area contributed by atoms with Crippen molar-refractivity contribution < 1.29 is 18.8 Å². The normalized spacial score (nSPS) is 14.2. The number of rotatable bonds is 8. The Bertz CT molecular complexity index is 1030. The lowest BCUT2D eigenvalue weighted by Crippen LogP contribution is -2.43. The predicted molar refractivity (Wildman–Crippen MR) is 120 cm³/mol. The van der Waals surface area contributed by atoms with Gasteiger partial charge < -0.3 is 18.9 Å². The van der Waals surface area contributed by atoms with E-state index in [1.54, 1.807) is 13.2 Å². The second-order valence-corrected chi connectivity index (χ2v) is 8.13. The van der Waals surface area contributed by atoms with Gasteiger partial charge in [-0.15, -0.1) is 0 Å². The van der Waals surface area contributed by atoms with Crippen LogP contribution in [0.5, 0.6) is 11.5 Å². The molecule has 0 bridgehead atoms. The molecule has 0 radical (unpaired) electrons. The topological polar surface area (TPSA) is 77.7 Å². The summed E-state index contributed by atoms with van der Waals surface area (Å²) in [4.78, 5) is 19.6. The van der Waals surface area contributed by atoms with Crippen molar-refractivity contribution in [3.8, 4) is 22.9 Å². The maximum Gasteiger partial charge on any atom is 0.261 e. The lowest BCUT2D eigenvalue weighted by Gasteiger charge is -2.33. The molecule has 0 N–H and O–H groups in total. The van der Waals surface area contributed by atoms with Crippen molar-refractivity contribution in [1.82, 2.24) is 15.0 Å². The number of aromatic nitrogens is 2. The molecule has 0 spiro atoms. The van der Waals surface area contributed by atoms with E-state index >= 15 is 0 Å². The fraction of sp³-hybridized carbons (Fsp3) is 0.400. The molecule has 4 rings (SSSR count). The van der Waals surface area contributed by atoms with E-state index in [1.807, 2.05) is 54.3 Å². The summed E-state index contributed by atoms with van der Waals surface area (Å²) in [5, 5.41) is 4.12. The van der Waals surface area contributed by atoms with Gasteiger partial charge in [0.2, 0.25) is 11.7 Å². The Balaban J connectivity index is 1.48. The molecule has 7 heteroatoms. The van der Waals surface area contributed by atoms with E-state index in [9.17, 15) is 4.79 Å². The number of benzene rings is 2. The average Bonchev–Trinajstić information content (AvgIpc) is 3.31. The van der Waals surface area contributed by atoms with Crippen molar-refractivity contribution in [1.29, 1.82) is 0 Å². The highest BCUT2D eigenvalue weighted by Crippen LogP contribution is 2.27. The van der Waals surface area contributed by atoms with Gasteiger partial charge in [0.05, 0.1) is 7.11 Å². The molecule has 1 saturated carbocycles. The van der Waals surface area contributed by atoms with Crippen molar-refractivity contribution >= 4 is 5.91 Å². The molecular formula is C25H29N3O4. The summed E-state index contributed by atoms with van der Waals surface area (Å²) in [5.41, 5.74) is 2.06. The maximum absolute atomic E-state index is 13.2. The second kappa shape index (κ2) is 10.3. The van der Waals surface area contributed by atoms with Gasteiger partial charge in [-0.2, -0.15) is 4.98 Å². The molecule has 168 valence electrons. The van der Waals surface area contributed by atoms with Crippen LogP contribution in [0, 0.1) is 6.92 Å².